The summed E-state index contributed by atoms with van der Waals surface area (Å²) in [5, 5.41) is 14.3. The van der Waals surface area contributed by atoms with Crippen molar-refractivity contribution in [2.45, 2.75) is 33.7 Å². The SMILES string of the molecule is CCC(=O)NCc1nnnn1-c1ccc(C)c(C)c1. The molecule has 0 fully saturated rings. The zero-order chi connectivity index (χ0) is 13.8. The van der Waals surface area contributed by atoms with Gasteiger partial charge in [-0.05, 0) is 47.5 Å². The molecule has 1 heterocycles. The van der Waals surface area contributed by atoms with E-state index in [4.69, 9.17) is 0 Å². The van der Waals surface area contributed by atoms with Crippen LogP contribution in [0.2, 0.25) is 0 Å². The standard InChI is InChI=1S/C13H17N5O/c1-4-13(19)14-8-12-15-16-17-18(12)11-6-5-9(2)10(3)7-11/h5-7H,4,8H2,1-3H3,(H,14,19). The molecule has 6 nitrogen and oxygen atoms in total. The first-order valence-corrected chi connectivity index (χ1v) is 6.23. The molecular formula is C13H17N5O. The van der Waals surface area contributed by atoms with E-state index in [2.05, 4.69) is 27.8 Å². The minimum Gasteiger partial charge on any atom is -0.349 e. The molecule has 1 N–H and O–H groups in total. The Morgan fingerprint density at radius 1 is 1.32 bits per heavy atom. The zero-order valence-corrected chi connectivity index (χ0v) is 11.3. The number of nitrogens with one attached hydrogen (secondary N) is 1. The Morgan fingerprint density at radius 2 is 2.11 bits per heavy atom. The van der Waals surface area contributed by atoms with Gasteiger partial charge in [-0.15, -0.1) is 5.10 Å². The Bertz CT molecular complexity index is 590. The fraction of sp³-hybridized carbons (Fsp3) is 0.385. The fourth-order valence-corrected chi connectivity index (χ4v) is 1.68. The van der Waals surface area contributed by atoms with Gasteiger partial charge in [-0.2, -0.15) is 4.68 Å². The molecule has 0 aliphatic rings. The maximum atomic E-state index is 11.3. The number of aromatic nitrogens is 4. The summed E-state index contributed by atoms with van der Waals surface area (Å²) in [7, 11) is 0. The topological polar surface area (TPSA) is 72.7 Å². The Labute approximate surface area is 111 Å². The second-order valence-corrected chi connectivity index (χ2v) is 4.41. The van der Waals surface area contributed by atoms with Gasteiger partial charge in [-0.25, -0.2) is 0 Å². The highest BCUT2D eigenvalue weighted by atomic mass is 16.1. The van der Waals surface area contributed by atoms with Gasteiger partial charge < -0.3 is 5.32 Å². The first kappa shape index (κ1) is 13.2. The Hall–Kier alpha value is -2.24. The van der Waals surface area contributed by atoms with E-state index in [1.165, 1.54) is 11.1 Å². The monoisotopic (exact) mass is 259 g/mol. The molecule has 0 unspecified atom stereocenters. The highest BCUT2D eigenvalue weighted by Crippen LogP contribution is 2.13. The minimum atomic E-state index is -0.0189. The fourth-order valence-electron chi connectivity index (χ4n) is 1.68. The van der Waals surface area contributed by atoms with Crippen molar-refractivity contribution in [3.05, 3.63) is 35.2 Å². The van der Waals surface area contributed by atoms with Crippen LogP contribution in [0.4, 0.5) is 0 Å². The third-order valence-corrected chi connectivity index (χ3v) is 3.03. The normalized spacial score (nSPS) is 10.5. The average Bonchev–Trinajstić information content (AvgIpc) is 2.87. The van der Waals surface area contributed by atoms with Crippen molar-refractivity contribution in [3.8, 4) is 5.69 Å². The van der Waals surface area contributed by atoms with Gasteiger partial charge in [0.25, 0.3) is 0 Å². The van der Waals surface area contributed by atoms with E-state index < -0.39 is 0 Å². The highest BCUT2D eigenvalue weighted by molar-refractivity contribution is 5.75. The maximum Gasteiger partial charge on any atom is 0.220 e. The van der Waals surface area contributed by atoms with Crippen LogP contribution in [0.5, 0.6) is 0 Å². The van der Waals surface area contributed by atoms with Crippen LogP contribution in [0.15, 0.2) is 18.2 Å². The van der Waals surface area contributed by atoms with Crippen LogP contribution in [0.1, 0.15) is 30.3 Å². The molecule has 0 saturated heterocycles. The van der Waals surface area contributed by atoms with Gasteiger partial charge in [0.05, 0.1) is 12.2 Å². The molecule has 0 bridgehead atoms. The van der Waals surface area contributed by atoms with Crippen LogP contribution in [0, 0.1) is 13.8 Å². The Morgan fingerprint density at radius 3 is 2.79 bits per heavy atom. The van der Waals surface area contributed by atoms with E-state index >= 15 is 0 Å². The number of tetrazole rings is 1. The maximum absolute atomic E-state index is 11.3. The number of amides is 1. The number of nitrogens with zero attached hydrogens (tertiary/aromatic N) is 4. The lowest BCUT2D eigenvalue weighted by molar-refractivity contribution is -0.120. The summed E-state index contributed by atoms with van der Waals surface area (Å²) < 4.78 is 1.64. The lowest BCUT2D eigenvalue weighted by atomic mass is 10.1. The predicted molar refractivity (Wildman–Crippen MR) is 70.8 cm³/mol. The molecule has 0 atom stereocenters. The van der Waals surface area contributed by atoms with Crippen molar-refractivity contribution in [1.82, 2.24) is 25.5 Å². The van der Waals surface area contributed by atoms with Crippen molar-refractivity contribution < 1.29 is 4.79 Å². The van der Waals surface area contributed by atoms with E-state index in [9.17, 15) is 4.79 Å². The Balaban J connectivity index is 2.23. The zero-order valence-electron chi connectivity index (χ0n) is 11.3. The van der Waals surface area contributed by atoms with Crippen LogP contribution >= 0.6 is 0 Å². The minimum absolute atomic E-state index is 0.0189. The van der Waals surface area contributed by atoms with Crippen LogP contribution in [0.3, 0.4) is 0 Å². The molecule has 0 aliphatic carbocycles. The number of benzene rings is 1. The van der Waals surface area contributed by atoms with Crippen LogP contribution in [-0.4, -0.2) is 26.1 Å². The molecule has 1 amide bonds. The number of carbonyl (C=O) groups is 1. The molecule has 100 valence electrons. The van der Waals surface area contributed by atoms with Crippen LogP contribution in [0.25, 0.3) is 5.69 Å². The van der Waals surface area contributed by atoms with Gasteiger partial charge >= 0.3 is 0 Å². The predicted octanol–water partition coefficient (Wildman–Crippen LogP) is 1.31. The average molecular weight is 259 g/mol. The lowest BCUT2D eigenvalue weighted by Gasteiger charge is -2.07. The van der Waals surface area contributed by atoms with Crippen molar-refractivity contribution >= 4 is 5.91 Å². The van der Waals surface area contributed by atoms with Gasteiger partial charge in [0.2, 0.25) is 5.91 Å². The summed E-state index contributed by atoms with van der Waals surface area (Å²) in [4.78, 5) is 11.3. The summed E-state index contributed by atoms with van der Waals surface area (Å²) in [5.41, 5.74) is 3.29. The van der Waals surface area contributed by atoms with Crippen molar-refractivity contribution in [1.29, 1.82) is 0 Å². The third kappa shape index (κ3) is 2.96. The van der Waals surface area contributed by atoms with Crippen molar-refractivity contribution in [3.63, 3.8) is 0 Å². The molecule has 0 spiro atoms. The molecule has 6 heteroatoms. The molecule has 0 saturated carbocycles. The first-order chi connectivity index (χ1) is 9.11. The molecule has 1 aromatic carbocycles. The number of hydrogen-bond donors (Lipinski definition) is 1. The molecule has 1 aromatic heterocycles. The summed E-state index contributed by atoms with van der Waals surface area (Å²) in [5.74, 6) is 0.597. The second-order valence-electron chi connectivity index (χ2n) is 4.41. The third-order valence-electron chi connectivity index (χ3n) is 3.03. The summed E-state index contributed by atoms with van der Waals surface area (Å²) in [6.45, 7) is 6.23. The van der Waals surface area contributed by atoms with Crippen LogP contribution < -0.4 is 5.32 Å². The summed E-state index contributed by atoms with van der Waals surface area (Å²) >= 11 is 0. The molecule has 2 rings (SSSR count). The molecule has 2 aromatic rings. The largest absolute Gasteiger partial charge is 0.349 e. The van der Waals surface area contributed by atoms with Crippen molar-refractivity contribution in [2.75, 3.05) is 0 Å². The van der Waals surface area contributed by atoms with E-state index in [0.717, 1.165) is 5.69 Å². The van der Waals surface area contributed by atoms with Gasteiger partial charge in [0.1, 0.15) is 0 Å². The van der Waals surface area contributed by atoms with Crippen molar-refractivity contribution in [2.24, 2.45) is 0 Å². The van der Waals surface area contributed by atoms with Gasteiger partial charge in [-0.1, -0.05) is 13.0 Å². The molecule has 0 radical (unpaired) electrons. The summed E-state index contributed by atoms with van der Waals surface area (Å²) in [6.07, 6.45) is 0.450. The summed E-state index contributed by atoms with van der Waals surface area (Å²) in [6, 6.07) is 6.02. The number of carbonyl (C=O) groups excluding carboxylic acids is 1. The second kappa shape index (κ2) is 5.60. The molecule has 0 aliphatic heterocycles. The Kier molecular flexibility index (Phi) is 3.89. The number of aryl methyl sites for hydroxylation is 2. The van der Waals surface area contributed by atoms with Gasteiger partial charge in [0.15, 0.2) is 5.82 Å². The number of rotatable bonds is 4. The van der Waals surface area contributed by atoms with E-state index in [0.29, 0.717) is 18.8 Å². The first-order valence-electron chi connectivity index (χ1n) is 6.23. The quantitative estimate of drug-likeness (QED) is 0.898. The highest BCUT2D eigenvalue weighted by Gasteiger charge is 2.09. The van der Waals surface area contributed by atoms with E-state index in [1.54, 1.807) is 4.68 Å². The molecule has 19 heavy (non-hydrogen) atoms. The van der Waals surface area contributed by atoms with Crippen LogP contribution in [-0.2, 0) is 11.3 Å². The number of hydrogen-bond acceptors (Lipinski definition) is 4. The smallest absolute Gasteiger partial charge is 0.220 e. The van der Waals surface area contributed by atoms with E-state index in [1.807, 2.05) is 32.0 Å². The molecular weight excluding hydrogens is 242 g/mol. The van der Waals surface area contributed by atoms with E-state index in [-0.39, 0.29) is 5.91 Å². The van der Waals surface area contributed by atoms with Gasteiger partial charge in [-0.3, -0.25) is 4.79 Å². The lowest BCUT2D eigenvalue weighted by Crippen LogP contribution is -2.23. The van der Waals surface area contributed by atoms with Gasteiger partial charge in [0, 0.05) is 6.42 Å².